The van der Waals surface area contributed by atoms with E-state index in [0.29, 0.717) is 6.61 Å². The Kier molecular flexibility index (Phi) is 6.18. The Hall–Kier alpha value is -1.35. The van der Waals surface area contributed by atoms with Crippen LogP contribution in [0.5, 0.6) is 0 Å². The van der Waals surface area contributed by atoms with Gasteiger partial charge in [0.05, 0.1) is 6.61 Å². The molecule has 0 saturated carbocycles. The molecule has 0 aliphatic carbocycles. The Morgan fingerprint density at radius 1 is 1.36 bits per heavy atom. The summed E-state index contributed by atoms with van der Waals surface area (Å²) in [6.07, 6.45) is -3.65. The summed E-state index contributed by atoms with van der Waals surface area (Å²) in [6.45, 7) is 8.15. The molecule has 0 aliphatic heterocycles. The second-order valence-electron chi connectivity index (χ2n) is 5.99. The Morgan fingerprint density at radius 2 is 2.00 bits per heavy atom. The van der Waals surface area contributed by atoms with Crippen LogP contribution < -0.4 is 0 Å². The standard InChI is InChI=1S/C13H21F3N2O3Si/c1-5-21-11(19)10-8-18(12(17-10)13(14,15)16)9-20-6-7-22(2,3)4/h8H,5-7,9H2,1-4H3. The summed E-state index contributed by atoms with van der Waals surface area (Å²) in [5.41, 5.74) is -0.372. The fraction of sp³-hybridized carbons (Fsp3) is 0.692. The first-order chi connectivity index (χ1) is 10.0. The molecule has 0 amide bonds. The summed E-state index contributed by atoms with van der Waals surface area (Å²) >= 11 is 0. The summed E-state index contributed by atoms with van der Waals surface area (Å²) in [5, 5.41) is 0. The molecule has 126 valence electrons. The maximum Gasteiger partial charge on any atom is 0.449 e. The number of carbonyl (C=O) groups excluding carboxylic acids is 1. The number of esters is 1. The highest BCUT2D eigenvalue weighted by Gasteiger charge is 2.38. The van der Waals surface area contributed by atoms with Gasteiger partial charge in [-0.1, -0.05) is 19.6 Å². The third-order valence-corrected chi connectivity index (χ3v) is 4.45. The third-order valence-electron chi connectivity index (χ3n) is 2.74. The smallest absolute Gasteiger partial charge is 0.449 e. The van der Waals surface area contributed by atoms with Crippen molar-refractivity contribution in [2.24, 2.45) is 0 Å². The average Bonchev–Trinajstić information content (AvgIpc) is 2.78. The molecule has 5 nitrogen and oxygen atoms in total. The Labute approximate surface area is 128 Å². The summed E-state index contributed by atoms with van der Waals surface area (Å²) in [6, 6.07) is 0.841. The largest absolute Gasteiger partial charge is 0.461 e. The monoisotopic (exact) mass is 338 g/mol. The quantitative estimate of drug-likeness (QED) is 0.434. The molecule has 0 fully saturated rings. The molecule has 0 N–H and O–H groups in total. The summed E-state index contributed by atoms with van der Waals surface area (Å²) in [4.78, 5) is 14.8. The first-order valence-electron chi connectivity index (χ1n) is 6.94. The van der Waals surface area contributed by atoms with E-state index in [1.54, 1.807) is 6.92 Å². The molecule has 0 aromatic carbocycles. The van der Waals surface area contributed by atoms with Gasteiger partial charge >= 0.3 is 12.1 Å². The lowest BCUT2D eigenvalue weighted by molar-refractivity contribution is -0.149. The van der Waals surface area contributed by atoms with E-state index in [9.17, 15) is 18.0 Å². The second-order valence-corrected chi connectivity index (χ2v) is 11.6. The van der Waals surface area contributed by atoms with Crippen LogP contribution in [0.2, 0.25) is 25.7 Å². The van der Waals surface area contributed by atoms with E-state index in [4.69, 9.17) is 4.74 Å². The van der Waals surface area contributed by atoms with Gasteiger partial charge in [-0.25, -0.2) is 9.78 Å². The van der Waals surface area contributed by atoms with Crippen LogP contribution in [-0.4, -0.2) is 36.8 Å². The Balaban J connectivity index is 2.81. The van der Waals surface area contributed by atoms with Crippen molar-refractivity contribution in [2.45, 2.75) is 45.5 Å². The Morgan fingerprint density at radius 3 is 2.50 bits per heavy atom. The van der Waals surface area contributed by atoms with Crippen molar-refractivity contribution in [1.29, 1.82) is 0 Å². The van der Waals surface area contributed by atoms with Crippen molar-refractivity contribution in [1.82, 2.24) is 9.55 Å². The minimum absolute atomic E-state index is 0.0692. The van der Waals surface area contributed by atoms with Gasteiger partial charge in [0.2, 0.25) is 5.82 Å². The lowest BCUT2D eigenvalue weighted by Crippen LogP contribution is -2.22. The number of aromatic nitrogens is 2. The van der Waals surface area contributed by atoms with Crippen LogP contribution in [0.3, 0.4) is 0 Å². The van der Waals surface area contributed by atoms with E-state index in [0.717, 1.165) is 16.8 Å². The Bertz CT molecular complexity index is 510. The van der Waals surface area contributed by atoms with Crippen molar-refractivity contribution in [3.63, 3.8) is 0 Å². The second kappa shape index (κ2) is 7.27. The van der Waals surface area contributed by atoms with Gasteiger partial charge in [0.1, 0.15) is 6.73 Å². The molecule has 0 aliphatic rings. The fourth-order valence-corrected chi connectivity index (χ4v) is 2.34. The number of rotatable bonds is 7. The molecule has 0 radical (unpaired) electrons. The number of halogens is 3. The average molecular weight is 338 g/mol. The van der Waals surface area contributed by atoms with Crippen molar-refractivity contribution in [2.75, 3.05) is 13.2 Å². The molecule has 1 aromatic heterocycles. The van der Waals surface area contributed by atoms with E-state index < -0.39 is 26.0 Å². The molecule has 9 heteroatoms. The van der Waals surface area contributed by atoms with Crippen LogP contribution in [0.1, 0.15) is 23.2 Å². The molecule has 0 bridgehead atoms. The molecule has 22 heavy (non-hydrogen) atoms. The first kappa shape index (κ1) is 18.7. The van der Waals surface area contributed by atoms with Crippen molar-refractivity contribution >= 4 is 14.0 Å². The molecule has 1 heterocycles. The summed E-state index contributed by atoms with van der Waals surface area (Å²) < 4.78 is 49.5. The number of imidazole rings is 1. The number of hydrogen-bond donors (Lipinski definition) is 0. The van der Waals surface area contributed by atoms with Crippen LogP contribution in [0.15, 0.2) is 6.20 Å². The minimum atomic E-state index is -4.66. The maximum absolute atomic E-state index is 12.9. The topological polar surface area (TPSA) is 53.4 Å². The lowest BCUT2D eigenvalue weighted by atomic mass is 10.5. The van der Waals surface area contributed by atoms with E-state index in [-0.39, 0.29) is 19.0 Å². The van der Waals surface area contributed by atoms with Crippen LogP contribution in [0, 0.1) is 0 Å². The highest BCUT2D eigenvalue weighted by molar-refractivity contribution is 6.76. The third kappa shape index (κ3) is 5.80. The zero-order valence-corrected chi connectivity index (χ0v) is 14.2. The number of ether oxygens (including phenoxy) is 2. The molecule has 0 unspecified atom stereocenters. The maximum atomic E-state index is 12.9. The van der Waals surface area contributed by atoms with Crippen molar-refractivity contribution in [3.8, 4) is 0 Å². The molecular formula is C13H21F3N2O3Si. The minimum Gasteiger partial charge on any atom is -0.461 e. The molecule has 1 aromatic rings. The number of nitrogens with zero attached hydrogens (tertiary/aromatic N) is 2. The predicted molar refractivity (Wildman–Crippen MR) is 77.3 cm³/mol. The number of hydrogen-bond acceptors (Lipinski definition) is 4. The van der Waals surface area contributed by atoms with Crippen LogP contribution in [0.25, 0.3) is 0 Å². The van der Waals surface area contributed by atoms with Crippen molar-refractivity contribution in [3.05, 3.63) is 17.7 Å². The summed E-state index contributed by atoms with van der Waals surface area (Å²) in [7, 11) is -1.32. The predicted octanol–water partition coefficient (Wildman–Crippen LogP) is 3.39. The van der Waals surface area contributed by atoms with Crippen LogP contribution >= 0.6 is 0 Å². The van der Waals surface area contributed by atoms with Gasteiger partial charge in [0.15, 0.2) is 5.69 Å². The van der Waals surface area contributed by atoms with Gasteiger partial charge in [-0.3, -0.25) is 0 Å². The van der Waals surface area contributed by atoms with Gasteiger partial charge in [-0.05, 0) is 13.0 Å². The highest BCUT2D eigenvalue weighted by Crippen LogP contribution is 2.28. The van der Waals surface area contributed by atoms with Crippen LogP contribution in [-0.2, 0) is 22.4 Å². The van der Waals surface area contributed by atoms with Gasteiger partial charge in [-0.15, -0.1) is 0 Å². The van der Waals surface area contributed by atoms with E-state index in [1.807, 2.05) is 0 Å². The SMILES string of the molecule is CCOC(=O)c1cn(COCC[Si](C)(C)C)c(C(F)(F)F)n1. The normalized spacial score (nSPS) is 12.5. The molecule has 0 spiro atoms. The molecular weight excluding hydrogens is 317 g/mol. The molecule has 0 saturated heterocycles. The summed E-state index contributed by atoms with van der Waals surface area (Å²) in [5.74, 6) is -2.04. The zero-order valence-electron chi connectivity index (χ0n) is 13.2. The molecule has 1 rings (SSSR count). The van der Waals surface area contributed by atoms with Crippen molar-refractivity contribution < 1.29 is 27.4 Å². The van der Waals surface area contributed by atoms with Gasteiger partial charge in [0, 0.05) is 20.9 Å². The lowest BCUT2D eigenvalue weighted by Gasteiger charge is -2.16. The molecule has 0 atom stereocenters. The highest BCUT2D eigenvalue weighted by atomic mass is 28.3. The number of carbonyl (C=O) groups is 1. The van der Waals surface area contributed by atoms with Gasteiger partial charge < -0.3 is 14.0 Å². The van der Waals surface area contributed by atoms with E-state index in [2.05, 4.69) is 29.4 Å². The van der Waals surface area contributed by atoms with Gasteiger partial charge in [0.25, 0.3) is 0 Å². The number of alkyl halides is 3. The first-order valence-corrected chi connectivity index (χ1v) is 10.6. The van der Waals surface area contributed by atoms with Gasteiger partial charge in [-0.2, -0.15) is 13.2 Å². The fourth-order valence-electron chi connectivity index (χ4n) is 1.59. The van der Waals surface area contributed by atoms with E-state index >= 15 is 0 Å². The van der Waals surface area contributed by atoms with E-state index in [1.165, 1.54) is 0 Å². The van der Waals surface area contributed by atoms with Crippen LogP contribution in [0.4, 0.5) is 13.2 Å². The zero-order chi connectivity index (χ0) is 17.0.